The van der Waals surface area contributed by atoms with Crippen LogP contribution in [0.4, 0.5) is 0 Å². The number of phenolic OH excluding ortho intramolecular Hbond substituents is 2. The highest BCUT2D eigenvalue weighted by molar-refractivity contribution is 5.57. The first kappa shape index (κ1) is 10.7. The second-order valence-corrected chi connectivity index (χ2v) is 4.30. The quantitative estimate of drug-likeness (QED) is 0.454. The zero-order valence-corrected chi connectivity index (χ0v) is 9.24. The lowest BCUT2D eigenvalue weighted by atomic mass is 9.97. The van der Waals surface area contributed by atoms with Crippen molar-refractivity contribution < 1.29 is 15.0 Å². The fourth-order valence-corrected chi connectivity index (χ4v) is 1.89. The maximum atomic E-state index is 10.3. The van der Waals surface area contributed by atoms with E-state index in [2.05, 4.69) is 4.99 Å². The molecule has 1 aliphatic rings. The van der Waals surface area contributed by atoms with E-state index in [9.17, 15) is 15.0 Å². The Morgan fingerprint density at radius 1 is 1.31 bits per heavy atom. The highest BCUT2D eigenvalue weighted by atomic mass is 16.3. The molecule has 2 N–H and O–H groups in total. The van der Waals surface area contributed by atoms with Crippen LogP contribution in [0.5, 0.6) is 11.5 Å². The molecular formula is C12H13NO3. The standard InChI is InChI=1S/C12H13NO3/c1-7-5-9(11(16)10(15)8(7)2)12(3-4-12)13-6-14/h5,15-16H,3-4H2,1-2H3. The molecule has 0 spiro atoms. The number of carbonyl (C=O) groups excluding carboxylic acids is 1. The number of rotatable bonds is 2. The van der Waals surface area contributed by atoms with Crippen LogP contribution in [-0.4, -0.2) is 16.3 Å². The first-order valence-electron chi connectivity index (χ1n) is 5.13. The minimum absolute atomic E-state index is 0.123. The number of phenols is 2. The Labute approximate surface area is 93.3 Å². The molecule has 0 aliphatic heterocycles. The number of nitrogens with zero attached hydrogens (tertiary/aromatic N) is 1. The minimum atomic E-state index is -0.651. The second kappa shape index (κ2) is 3.35. The average Bonchev–Trinajstić information content (AvgIpc) is 3.02. The van der Waals surface area contributed by atoms with Gasteiger partial charge < -0.3 is 10.2 Å². The number of aliphatic imine (C=N–C) groups is 1. The third-order valence-corrected chi connectivity index (χ3v) is 3.27. The van der Waals surface area contributed by atoms with Crippen LogP contribution < -0.4 is 0 Å². The van der Waals surface area contributed by atoms with Gasteiger partial charge in [0.2, 0.25) is 6.08 Å². The molecule has 1 saturated carbocycles. The summed E-state index contributed by atoms with van der Waals surface area (Å²) in [6, 6.07) is 1.78. The summed E-state index contributed by atoms with van der Waals surface area (Å²) in [5, 5.41) is 19.6. The summed E-state index contributed by atoms with van der Waals surface area (Å²) < 4.78 is 0. The molecule has 0 radical (unpaired) electrons. The van der Waals surface area contributed by atoms with Crippen LogP contribution in [0, 0.1) is 13.8 Å². The lowest BCUT2D eigenvalue weighted by Gasteiger charge is -2.15. The fraction of sp³-hybridized carbons (Fsp3) is 0.417. The normalized spacial score (nSPS) is 16.6. The third kappa shape index (κ3) is 1.39. The van der Waals surface area contributed by atoms with Gasteiger partial charge >= 0.3 is 0 Å². The van der Waals surface area contributed by atoms with Crippen molar-refractivity contribution in [3.8, 4) is 11.5 Å². The van der Waals surface area contributed by atoms with Crippen molar-refractivity contribution in [1.82, 2.24) is 0 Å². The zero-order chi connectivity index (χ0) is 11.9. The molecule has 0 atom stereocenters. The van der Waals surface area contributed by atoms with E-state index in [-0.39, 0.29) is 11.5 Å². The Morgan fingerprint density at radius 2 is 1.94 bits per heavy atom. The van der Waals surface area contributed by atoms with Crippen molar-refractivity contribution >= 4 is 6.08 Å². The SMILES string of the molecule is Cc1cc(C2(N=C=O)CC2)c(O)c(O)c1C. The smallest absolute Gasteiger partial charge is 0.235 e. The summed E-state index contributed by atoms with van der Waals surface area (Å²) in [7, 11) is 0. The Hall–Kier alpha value is -1.80. The first-order valence-corrected chi connectivity index (χ1v) is 5.13. The van der Waals surface area contributed by atoms with Gasteiger partial charge in [-0.2, -0.15) is 4.99 Å². The van der Waals surface area contributed by atoms with Gasteiger partial charge in [-0.05, 0) is 43.9 Å². The molecular weight excluding hydrogens is 206 g/mol. The van der Waals surface area contributed by atoms with Crippen molar-refractivity contribution in [2.75, 3.05) is 0 Å². The van der Waals surface area contributed by atoms with Crippen LogP contribution in [0.1, 0.15) is 29.5 Å². The van der Waals surface area contributed by atoms with Crippen LogP contribution >= 0.6 is 0 Å². The van der Waals surface area contributed by atoms with E-state index >= 15 is 0 Å². The fourth-order valence-electron chi connectivity index (χ4n) is 1.89. The molecule has 2 rings (SSSR count). The van der Waals surface area contributed by atoms with Crippen LogP contribution in [0.3, 0.4) is 0 Å². The molecule has 1 aliphatic carbocycles. The van der Waals surface area contributed by atoms with Crippen molar-refractivity contribution in [2.24, 2.45) is 4.99 Å². The number of aromatic hydroxyl groups is 2. The molecule has 4 heteroatoms. The van der Waals surface area contributed by atoms with E-state index in [1.54, 1.807) is 13.0 Å². The van der Waals surface area contributed by atoms with E-state index in [0.29, 0.717) is 24.0 Å². The zero-order valence-electron chi connectivity index (χ0n) is 9.24. The summed E-state index contributed by atoms with van der Waals surface area (Å²) in [5.74, 6) is -0.290. The van der Waals surface area contributed by atoms with E-state index < -0.39 is 5.54 Å². The molecule has 1 aromatic carbocycles. The highest BCUT2D eigenvalue weighted by Gasteiger charge is 2.47. The summed E-state index contributed by atoms with van der Waals surface area (Å²) >= 11 is 0. The van der Waals surface area contributed by atoms with E-state index in [0.717, 1.165) is 5.56 Å². The van der Waals surface area contributed by atoms with Crippen LogP contribution in [0.15, 0.2) is 11.1 Å². The van der Waals surface area contributed by atoms with E-state index in [1.165, 1.54) is 6.08 Å². The average molecular weight is 219 g/mol. The number of aryl methyl sites for hydroxylation is 1. The van der Waals surface area contributed by atoms with Crippen molar-refractivity contribution in [3.63, 3.8) is 0 Å². The van der Waals surface area contributed by atoms with Crippen molar-refractivity contribution in [2.45, 2.75) is 32.2 Å². The van der Waals surface area contributed by atoms with Crippen molar-refractivity contribution in [1.29, 1.82) is 0 Å². The lowest BCUT2D eigenvalue weighted by molar-refractivity contribution is 0.392. The summed E-state index contributed by atoms with van der Waals surface area (Å²) in [6.07, 6.45) is 2.94. The molecule has 0 saturated heterocycles. The third-order valence-electron chi connectivity index (χ3n) is 3.27. The molecule has 0 unspecified atom stereocenters. The highest BCUT2D eigenvalue weighted by Crippen LogP contribution is 2.54. The number of isocyanates is 1. The molecule has 1 fully saturated rings. The molecule has 4 nitrogen and oxygen atoms in total. The Kier molecular flexibility index (Phi) is 2.25. The molecule has 16 heavy (non-hydrogen) atoms. The van der Waals surface area contributed by atoms with Gasteiger partial charge in [-0.3, -0.25) is 0 Å². The molecule has 0 bridgehead atoms. The van der Waals surface area contributed by atoms with Crippen molar-refractivity contribution in [3.05, 3.63) is 22.8 Å². The van der Waals surface area contributed by atoms with Gasteiger partial charge in [-0.25, -0.2) is 4.79 Å². The van der Waals surface area contributed by atoms with Gasteiger partial charge in [0.05, 0.1) is 0 Å². The predicted molar refractivity (Wildman–Crippen MR) is 58.3 cm³/mol. The Bertz CT molecular complexity index is 497. The van der Waals surface area contributed by atoms with Gasteiger partial charge in [0.1, 0.15) is 5.54 Å². The summed E-state index contributed by atoms with van der Waals surface area (Å²) in [6.45, 7) is 3.58. The molecule has 84 valence electrons. The maximum Gasteiger partial charge on any atom is 0.235 e. The monoisotopic (exact) mass is 219 g/mol. The minimum Gasteiger partial charge on any atom is -0.504 e. The van der Waals surface area contributed by atoms with Crippen LogP contribution in [0.25, 0.3) is 0 Å². The number of benzene rings is 1. The van der Waals surface area contributed by atoms with Gasteiger partial charge in [0.25, 0.3) is 0 Å². The molecule has 0 amide bonds. The molecule has 1 aromatic rings. The number of hydrogen-bond donors (Lipinski definition) is 2. The molecule has 0 aromatic heterocycles. The van der Waals surface area contributed by atoms with E-state index in [4.69, 9.17) is 0 Å². The van der Waals surface area contributed by atoms with Crippen LogP contribution in [-0.2, 0) is 10.3 Å². The number of hydrogen-bond acceptors (Lipinski definition) is 4. The van der Waals surface area contributed by atoms with Gasteiger partial charge in [-0.1, -0.05) is 0 Å². The summed E-state index contributed by atoms with van der Waals surface area (Å²) in [4.78, 5) is 14.1. The summed E-state index contributed by atoms with van der Waals surface area (Å²) in [5.41, 5.74) is 1.39. The largest absolute Gasteiger partial charge is 0.504 e. The van der Waals surface area contributed by atoms with Gasteiger partial charge in [0.15, 0.2) is 11.5 Å². The topological polar surface area (TPSA) is 69.9 Å². The second-order valence-electron chi connectivity index (χ2n) is 4.30. The van der Waals surface area contributed by atoms with Gasteiger partial charge in [0, 0.05) is 5.56 Å². The Balaban J connectivity index is 2.63. The lowest BCUT2D eigenvalue weighted by Crippen LogP contribution is -2.04. The van der Waals surface area contributed by atoms with Crippen LogP contribution in [0.2, 0.25) is 0 Å². The Morgan fingerprint density at radius 3 is 2.44 bits per heavy atom. The maximum absolute atomic E-state index is 10.3. The predicted octanol–water partition coefficient (Wildman–Crippen LogP) is 2.04. The van der Waals surface area contributed by atoms with Gasteiger partial charge in [-0.15, -0.1) is 0 Å². The molecule has 0 heterocycles. The first-order chi connectivity index (χ1) is 7.52. The van der Waals surface area contributed by atoms with E-state index in [1.807, 2.05) is 6.92 Å².